The SMILES string of the molecule is COC(=O)C1(C(=O)N2CCC[C@H](C(=O)Nc3ccc(Br)cn3)C2)CC1. The van der Waals surface area contributed by atoms with Crippen molar-refractivity contribution in [3.63, 3.8) is 0 Å². The number of esters is 1. The maximum atomic E-state index is 12.7. The first-order valence-corrected chi connectivity index (χ1v) is 9.06. The Morgan fingerprint density at radius 3 is 2.72 bits per heavy atom. The second-order valence-corrected chi connectivity index (χ2v) is 7.43. The van der Waals surface area contributed by atoms with E-state index in [9.17, 15) is 14.4 Å². The van der Waals surface area contributed by atoms with E-state index < -0.39 is 11.4 Å². The molecule has 2 amide bonds. The van der Waals surface area contributed by atoms with Crippen LogP contribution in [0, 0.1) is 11.3 Å². The number of pyridine rings is 1. The predicted molar refractivity (Wildman–Crippen MR) is 93.6 cm³/mol. The Labute approximate surface area is 154 Å². The Morgan fingerprint density at radius 2 is 2.12 bits per heavy atom. The highest BCUT2D eigenvalue weighted by Crippen LogP contribution is 2.48. The molecule has 1 saturated heterocycles. The van der Waals surface area contributed by atoms with Gasteiger partial charge in [-0.25, -0.2) is 4.98 Å². The van der Waals surface area contributed by atoms with Gasteiger partial charge >= 0.3 is 5.97 Å². The van der Waals surface area contributed by atoms with Crippen molar-refractivity contribution in [2.24, 2.45) is 11.3 Å². The molecule has 0 unspecified atom stereocenters. The molecule has 7 nitrogen and oxygen atoms in total. The van der Waals surface area contributed by atoms with Gasteiger partial charge in [0.05, 0.1) is 13.0 Å². The maximum absolute atomic E-state index is 12.7. The van der Waals surface area contributed by atoms with Crippen molar-refractivity contribution in [3.8, 4) is 0 Å². The molecule has 0 spiro atoms. The minimum absolute atomic E-state index is 0.157. The van der Waals surface area contributed by atoms with E-state index in [2.05, 4.69) is 26.2 Å². The number of piperidine rings is 1. The van der Waals surface area contributed by atoms with Gasteiger partial charge in [0.1, 0.15) is 11.2 Å². The average Bonchev–Trinajstić information content (AvgIpc) is 3.44. The summed E-state index contributed by atoms with van der Waals surface area (Å²) < 4.78 is 5.61. The summed E-state index contributed by atoms with van der Waals surface area (Å²) in [4.78, 5) is 42.9. The molecular weight excluding hydrogens is 390 g/mol. The molecule has 0 radical (unpaired) electrons. The van der Waals surface area contributed by atoms with Crippen LogP contribution in [-0.2, 0) is 19.1 Å². The van der Waals surface area contributed by atoms with E-state index in [1.165, 1.54) is 7.11 Å². The largest absolute Gasteiger partial charge is 0.468 e. The Hall–Kier alpha value is -1.96. The molecule has 2 heterocycles. The molecule has 0 bridgehead atoms. The second kappa shape index (κ2) is 7.11. The van der Waals surface area contributed by atoms with Gasteiger partial charge in [-0.05, 0) is 53.7 Å². The molecule has 1 aliphatic carbocycles. The van der Waals surface area contributed by atoms with Gasteiger partial charge in [0.15, 0.2) is 0 Å². The molecule has 2 aliphatic rings. The van der Waals surface area contributed by atoms with Gasteiger partial charge in [0, 0.05) is 23.8 Å². The molecule has 1 aliphatic heterocycles. The zero-order valence-corrected chi connectivity index (χ0v) is 15.5. The highest BCUT2D eigenvalue weighted by Gasteiger charge is 2.59. The van der Waals surface area contributed by atoms with E-state index in [1.54, 1.807) is 23.2 Å². The van der Waals surface area contributed by atoms with Gasteiger partial charge < -0.3 is 15.0 Å². The van der Waals surface area contributed by atoms with Crippen molar-refractivity contribution in [2.75, 3.05) is 25.5 Å². The topological polar surface area (TPSA) is 88.6 Å². The van der Waals surface area contributed by atoms with Crippen molar-refractivity contribution in [2.45, 2.75) is 25.7 Å². The lowest BCUT2D eigenvalue weighted by Gasteiger charge is -2.33. The van der Waals surface area contributed by atoms with Gasteiger partial charge in [0.2, 0.25) is 11.8 Å². The first-order valence-electron chi connectivity index (χ1n) is 8.26. The molecule has 8 heteroatoms. The zero-order valence-electron chi connectivity index (χ0n) is 14.0. The highest BCUT2D eigenvalue weighted by molar-refractivity contribution is 9.10. The number of rotatable bonds is 4. The molecule has 1 saturated carbocycles. The van der Waals surface area contributed by atoms with Gasteiger partial charge in [-0.2, -0.15) is 0 Å². The normalized spacial score (nSPS) is 21.4. The van der Waals surface area contributed by atoms with E-state index in [1.807, 2.05) is 0 Å². The zero-order chi connectivity index (χ0) is 18.0. The third kappa shape index (κ3) is 3.68. The van der Waals surface area contributed by atoms with Crippen LogP contribution in [0.1, 0.15) is 25.7 Å². The molecule has 2 fully saturated rings. The quantitative estimate of drug-likeness (QED) is 0.606. The van der Waals surface area contributed by atoms with Crippen LogP contribution in [0.15, 0.2) is 22.8 Å². The number of hydrogen-bond acceptors (Lipinski definition) is 5. The number of aromatic nitrogens is 1. The predicted octanol–water partition coefficient (Wildman–Crippen LogP) is 1.97. The standard InChI is InChI=1S/C17H20BrN3O4/c1-25-16(24)17(6-7-17)15(23)21-8-2-3-11(10-21)14(22)20-13-5-4-12(18)9-19-13/h4-5,9,11H,2-3,6-8,10H2,1H3,(H,19,20,22)/t11-/m0/s1. The number of methoxy groups -OCH3 is 1. The number of nitrogens with one attached hydrogen (secondary N) is 1. The van der Waals surface area contributed by atoms with Crippen LogP contribution in [-0.4, -0.2) is 47.9 Å². The Balaban J connectivity index is 1.63. The minimum atomic E-state index is -1.01. The van der Waals surface area contributed by atoms with Crippen molar-refractivity contribution in [1.82, 2.24) is 9.88 Å². The summed E-state index contributed by atoms with van der Waals surface area (Å²) in [5.41, 5.74) is -1.01. The number of ether oxygens (including phenoxy) is 1. The summed E-state index contributed by atoms with van der Waals surface area (Å²) in [6, 6.07) is 3.51. The summed E-state index contributed by atoms with van der Waals surface area (Å²) >= 11 is 3.30. The number of likely N-dealkylation sites (tertiary alicyclic amines) is 1. The fraction of sp³-hybridized carbons (Fsp3) is 0.529. The van der Waals surface area contributed by atoms with Crippen molar-refractivity contribution in [3.05, 3.63) is 22.8 Å². The van der Waals surface area contributed by atoms with Crippen molar-refractivity contribution < 1.29 is 19.1 Å². The fourth-order valence-corrected chi connectivity index (χ4v) is 3.42. The maximum Gasteiger partial charge on any atom is 0.321 e. The van der Waals surface area contributed by atoms with Crippen LogP contribution >= 0.6 is 15.9 Å². The van der Waals surface area contributed by atoms with E-state index >= 15 is 0 Å². The lowest BCUT2D eigenvalue weighted by atomic mass is 9.95. The number of carbonyl (C=O) groups excluding carboxylic acids is 3. The Kier molecular flexibility index (Phi) is 5.08. The van der Waals surface area contributed by atoms with E-state index in [4.69, 9.17) is 4.74 Å². The fourth-order valence-electron chi connectivity index (χ4n) is 3.18. The Morgan fingerprint density at radius 1 is 1.36 bits per heavy atom. The first kappa shape index (κ1) is 17.8. The average molecular weight is 410 g/mol. The van der Waals surface area contributed by atoms with Gasteiger partial charge in [-0.15, -0.1) is 0 Å². The monoisotopic (exact) mass is 409 g/mol. The molecular formula is C17H20BrN3O4. The van der Waals surface area contributed by atoms with Crippen LogP contribution in [0.3, 0.4) is 0 Å². The first-order chi connectivity index (χ1) is 12.0. The summed E-state index contributed by atoms with van der Waals surface area (Å²) in [5, 5.41) is 2.79. The van der Waals surface area contributed by atoms with Crippen LogP contribution in [0.2, 0.25) is 0 Å². The number of carbonyl (C=O) groups is 3. The van der Waals surface area contributed by atoms with Crippen LogP contribution < -0.4 is 5.32 Å². The third-order valence-corrected chi connectivity index (χ3v) is 5.26. The molecule has 25 heavy (non-hydrogen) atoms. The summed E-state index contributed by atoms with van der Waals surface area (Å²) in [6.07, 6.45) is 4.09. The lowest BCUT2D eigenvalue weighted by molar-refractivity contribution is -0.156. The molecule has 3 rings (SSSR count). The molecule has 0 aromatic carbocycles. The van der Waals surface area contributed by atoms with E-state index in [0.717, 1.165) is 10.9 Å². The number of hydrogen-bond donors (Lipinski definition) is 1. The number of nitrogens with zero attached hydrogens (tertiary/aromatic N) is 2. The molecule has 1 atom stereocenters. The van der Waals surface area contributed by atoms with E-state index in [0.29, 0.717) is 38.2 Å². The highest BCUT2D eigenvalue weighted by atomic mass is 79.9. The number of halogens is 1. The smallest absolute Gasteiger partial charge is 0.321 e. The third-order valence-electron chi connectivity index (χ3n) is 4.79. The van der Waals surface area contributed by atoms with Crippen LogP contribution in [0.5, 0.6) is 0 Å². The number of anilines is 1. The van der Waals surface area contributed by atoms with Crippen molar-refractivity contribution in [1.29, 1.82) is 0 Å². The van der Waals surface area contributed by atoms with Crippen molar-refractivity contribution >= 4 is 39.5 Å². The van der Waals surface area contributed by atoms with Gasteiger partial charge in [0.25, 0.3) is 0 Å². The number of amides is 2. The summed E-state index contributed by atoms with van der Waals surface area (Å²) in [6.45, 7) is 0.887. The molecule has 1 aromatic rings. The lowest BCUT2D eigenvalue weighted by Crippen LogP contribution is -2.48. The minimum Gasteiger partial charge on any atom is -0.468 e. The van der Waals surface area contributed by atoms with Gasteiger partial charge in [-0.1, -0.05) is 0 Å². The van der Waals surface area contributed by atoms with E-state index in [-0.39, 0.29) is 17.7 Å². The molecule has 1 aromatic heterocycles. The molecule has 1 N–H and O–H groups in total. The second-order valence-electron chi connectivity index (χ2n) is 6.51. The molecule has 134 valence electrons. The van der Waals surface area contributed by atoms with Gasteiger partial charge in [-0.3, -0.25) is 14.4 Å². The van der Waals surface area contributed by atoms with Crippen LogP contribution in [0.4, 0.5) is 5.82 Å². The summed E-state index contributed by atoms with van der Waals surface area (Å²) in [7, 11) is 1.30. The summed E-state index contributed by atoms with van der Waals surface area (Å²) in [5.74, 6) is -0.668. The Bertz CT molecular complexity index is 688. The van der Waals surface area contributed by atoms with Crippen LogP contribution in [0.25, 0.3) is 0 Å².